The monoisotopic (exact) mass is 376 g/mol. The summed E-state index contributed by atoms with van der Waals surface area (Å²) in [6.07, 6.45) is 0. The smallest absolute Gasteiger partial charge is 0.256 e. The molecule has 6 heteroatoms. The van der Waals surface area contributed by atoms with Crippen LogP contribution in [0.25, 0.3) is 0 Å². The Balaban J connectivity index is 1.40. The molecule has 0 bridgehead atoms. The van der Waals surface area contributed by atoms with Crippen molar-refractivity contribution in [1.29, 1.82) is 0 Å². The van der Waals surface area contributed by atoms with Gasteiger partial charge >= 0.3 is 0 Å². The maximum atomic E-state index is 13.1. The number of nitrogens with zero attached hydrogens (tertiary/aromatic N) is 3. The summed E-state index contributed by atoms with van der Waals surface area (Å²) in [4.78, 5) is 17.3. The quantitative estimate of drug-likeness (QED) is 0.736. The number of amides is 1. The molecule has 1 aromatic heterocycles. The Morgan fingerprint density at radius 2 is 1.75 bits per heavy atom. The molecule has 0 aliphatic carbocycles. The molecule has 0 atom stereocenters. The zero-order valence-electron chi connectivity index (χ0n) is 16.0. The van der Waals surface area contributed by atoms with Crippen molar-refractivity contribution >= 4 is 17.3 Å². The summed E-state index contributed by atoms with van der Waals surface area (Å²) in [6, 6.07) is 19.6. The van der Waals surface area contributed by atoms with Gasteiger partial charge in [-0.25, -0.2) is 0 Å². The fraction of sp³-hybridized carbons (Fsp3) is 0.273. The van der Waals surface area contributed by atoms with Gasteiger partial charge in [0.05, 0.1) is 16.9 Å². The lowest BCUT2D eigenvalue weighted by Gasteiger charge is -2.34. The second-order valence-corrected chi connectivity index (χ2v) is 7.03. The van der Waals surface area contributed by atoms with E-state index in [1.54, 1.807) is 0 Å². The zero-order valence-corrected chi connectivity index (χ0v) is 16.0. The van der Waals surface area contributed by atoms with Crippen LogP contribution in [0.2, 0.25) is 0 Å². The molecule has 0 radical (unpaired) electrons. The molecule has 2 heterocycles. The third kappa shape index (κ3) is 4.23. The van der Waals surface area contributed by atoms with Gasteiger partial charge in [0.1, 0.15) is 5.76 Å². The Kier molecular flexibility index (Phi) is 5.39. The van der Waals surface area contributed by atoms with Crippen LogP contribution >= 0.6 is 0 Å². The van der Waals surface area contributed by atoms with E-state index in [2.05, 4.69) is 15.4 Å². The molecule has 1 fully saturated rings. The largest absolute Gasteiger partial charge is 0.361 e. The van der Waals surface area contributed by atoms with Crippen LogP contribution in [-0.4, -0.2) is 47.0 Å². The van der Waals surface area contributed by atoms with E-state index in [4.69, 9.17) is 4.52 Å². The summed E-state index contributed by atoms with van der Waals surface area (Å²) in [7, 11) is 0. The minimum absolute atomic E-state index is 0.0657. The van der Waals surface area contributed by atoms with Gasteiger partial charge in [0.25, 0.3) is 5.91 Å². The zero-order chi connectivity index (χ0) is 19.3. The lowest BCUT2D eigenvalue weighted by atomic mass is 10.1. The molecular weight excluding hydrogens is 352 g/mol. The summed E-state index contributed by atoms with van der Waals surface area (Å²) in [6.45, 7) is 5.71. The molecular formula is C22H24N4O2. The molecule has 4 rings (SSSR count). The van der Waals surface area contributed by atoms with Gasteiger partial charge in [0.2, 0.25) is 0 Å². The summed E-state index contributed by atoms with van der Waals surface area (Å²) < 4.78 is 5.14. The molecule has 3 aromatic rings. The number of hydrogen-bond donors (Lipinski definition) is 1. The minimum atomic E-state index is 0.0657. The van der Waals surface area contributed by atoms with Gasteiger partial charge in [-0.2, -0.15) is 0 Å². The maximum Gasteiger partial charge on any atom is 0.256 e. The number of benzene rings is 2. The van der Waals surface area contributed by atoms with Crippen LogP contribution in [0.3, 0.4) is 0 Å². The first-order valence-corrected chi connectivity index (χ1v) is 9.54. The van der Waals surface area contributed by atoms with E-state index in [1.165, 1.54) is 0 Å². The lowest BCUT2D eigenvalue weighted by Crippen LogP contribution is -2.48. The van der Waals surface area contributed by atoms with E-state index in [0.717, 1.165) is 42.5 Å². The second kappa shape index (κ2) is 8.27. The standard InChI is InChI=1S/C22H24N4O2/c1-17-15-19(24-28-17)16-25-11-13-26(14-12-25)22(27)20-9-5-6-10-21(20)23-18-7-3-2-4-8-18/h2-10,15,23H,11-14,16H2,1H3. The Morgan fingerprint density at radius 1 is 1.04 bits per heavy atom. The van der Waals surface area contributed by atoms with Crippen LogP contribution in [-0.2, 0) is 6.54 Å². The van der Waals surface area contributed by atoms with Gasteiger partial charge in [-0.1, -0.05) is 35.5 Å². The van der Waals surface area contributed by atoms with Crippen molar-refractivity contribution in [1.82, 2.24) is 15.0 Å². The third-order valence-corrected chi connectivity index (χ3v) is 4.93. The maximum absolute atomic E-state index is 13.1. The molecule has 2 aromatic carbocycles. The Bertz CT molecular complexity index is 930. The Morgan fingerprint density at radius 3 is 2.46 bits per heavy atom. The number of anilines is 2. The number of aromatic nitrogens is 1. The van der Waals surface area contributed by atoms with Crippen molar-refractivity contribution in [2.45, 2.75) is 13.5 Å². The van der Waals surface area contributed by atoms with Crippen LogP contribution in [0.15, 0.2) is 65.2 Å². The van der Waals surface area contributed by atoms with Gasteiger partial charge in [-0.05, 0) is 31.2 Å². The number of rotatable bonds is 5. The first kappa shape index (κ1) is 18.3. The Hall–Kier alpha value is -3.12. The number of piperazine rings is 1. The predicted molar refractivity (Wildman–Crippen MR) is 109 cm³/mol. The first-order valence-electron chi connectivity index (χ1n) is 9.54. The van der Waals surface area contributed by atoms with E-state index in [1.807, 2.05) is 72.5 Å². The number of carbonyl (C=O) groups excluding carboxylic acids is 1. The highest BCUT2D eigenvalue weighted by Gasteiger charge is 2.24. The average molecular weight is 376 g/mol. The summed E-state index contributed by atoms with van der Waals surface area (Å²) in [5.41, 5.74) is 3.44. The third-order valence-electron chi connectivity index (χ3n) is 4.93. The first-order chi connectivity index (χ1) is 13.7. The number of hydrogen-bond acceptors (Lipinski definition) is 5. The minimum Gasteiger partial charge on any atom is -0.361 e. The highest BCUT2D eigenvalue weighted by molar-refractivity contribution is 6.00. The van der Waals surface area contributed by atoms with Crippen LogP contribution in [0, 0.1) is 6.92 Å². The topological polar surface area (TPSA) is 61.6 Å². The molecule has 1 aliphatic rings. The highest BCUT2D eigenvalue weighted by Crippen LogP contribution is 2.23. The van der Waals surface area contributed by atoms with Crippen molar-refractivity contribution < 1.29 is 9.32 Å². The molecule has 144 valence electrons. The molecule has 0 saturated carbocycles. The van der Waals surface area contributed by atoms with Gasteiger partial charge in [-0.3, -0.25) is 9.69 Å². The number of aryl methyl sites for hydroxylation is 1. The Labute approximate surface area is 164 Å². The molecule has 1 amide bonds. The summed E-state index contributed by atoms with van der Waals surface area (Å²) in [5, 5.41) is 7.42. The van der Waals surface area contributed by atoms with Gasteiger partial charge in [-0.15, -0.1) is 0 Å². The van der Waals surface area contributed by atoms with Crippen molar-refractivity contribution in [3.05, 3.63) is 77.7 Å². The molecule has 6 nitrogen and oxygen atoms in total. The van der Waals surface area contributed by atoms with E-state index >= 15 is 0 Å². The number of carbonyl (C=O) groups is 1. The fourth-order valence-corrected chi connectivity index (χ4v) is 3.46. The normalized spacial score (nSPS) is 14.8. The molecule has 0 spiro atoms. The van der Waals surface area contributed by atoms with Crippen LogP contribution in [0.5, 0.6) is 0 Å². The highest BCUT2D eigenvalue weighted by atomic mass is 16.5. The van der Waals surface area contributed by atoms with E-state index in [0.29, 0.717) is 18.7 Å². The summed E-state index contributed by atoms with van der Waals surface area (Å²) in [5.74, 6) is 0.891. The van der Waals surface area contributed by atoms with E-state index < -0.39 is 0 Å². The number of para-hydroxylation sites is 2. The lowest BCUT2D eigenvalue weighted by molar-refractivity contribution is 0.0626. The van der Waals surface area contributed by atoms with E-state index in [-0.39, 0.29) is 5.91 Å². The molecule has 1 saturated heterocycles. The van der Waals surface area contributed by atoms with Crippen molar-refractivity contribution in [3.63, 3.8) is 0 Å². The predicted octanol–water partition coefficient (Wildman–Crippen LogP) is 3.68. The molecule has 28 heavy (non-hydrogen) atoms. The van der Waals surface area contributed by atoms with E-state index in [9.17, 15) is 4.79 Å². The summed E-state index contributed by atoms with van der Waals surface area (Å²) >= 11 is 0. The van der Waals surface area contributed by atoms with Crippen LogP contribution in [0.4, 0.5) is 11.4 Å². The van der Waals surface area contributed by atoms with Gasteiger partial charge < -0.3 is 14.7 Å². The second-order valence-electron chi connectivity index (χ2n) is 7.03. The molecule has 1 N–H and O–H groups in total. The van der Waals surface area contributed by atoms with Gasteiger partial charge in [0.15, 0.2) is 0 Å². The number of nitrogens with one attached hydrogen (secondary N) is 1. The van der Waals surface area contributed by atoms with Crippen LogP contribution < -0.4 is 5.32 Å². The van der Waals surface area contributed by atoms with Crippen molar-refractivity contribution in [3.8, 4) is 0 Å². The molecule has 1 aliphatic heterocycles. The van der Waals surface area contributed by atoms with Crippen LogP contribution in [0.1, 0.15) is 21.8 Å². The molecule has 0 unspecified atom stereocenters. The van der Waals surface area contributed by atoms with Gasteiger partial charge in [0, 0.05) is 44.5 Å². The SMILES string of the molecule is Cc1cc(CN2CCN(C(=O)c3ccccc3Nc3ccccc3)CC2)no1. The van der Waals surface area contributed by atoms with Crippen molar-refractivity contribution in [2.75, 3.05) is 31.5 Å². The van der Waals surface area contributed by atoms with Crippen molar-refractivity contribution in [2.24, 2.45) is 0 Å². The average Bonchev–Trinajstić information content (AvgIpc) is 3.14. The fourth-order valence-electron chi connectivity index (χ4n) is 3.46.